The summed E-state index contributed by atoms with van der Waals surface area (Å²) < 4.78 is 1.76. The molecule has 1 amide bonds. The molecule has 158 valence electrons. The minimum Gasteiger partial charge on any atom is -0.291 e. The van der Waals surface area contributed by atoms with Crippen LogP contribution in [0.4, 0.5) is 0 Å². The maximum atomic E-state index is 12.7. The summed E-state index contributed by atoms with van der Waals surface area (Å²) in [6.07, 6.45) is 0. The van der Waals surface area contributed by atoms with Crippen LogP contribution in [-0.2, 0) is 0 Å². The monoisotopic (exact) mass is 481 g/mol. The number of amides is 1. The Balaban J connectivity index is 2.14. The number of halogens is 3. The highest BCUT2D eigenvalue weighted by atomic mass is 35.5. The number of imidazole rings is 1. The minimum atomic E-state index is -0.610. The molecule has 0 radical (unpaired) electrons. The highest BCUT2D eigenvalue weighted by Gasteiger charge is 2.27. The van der Waals surface area contributed by atoms with Crippen molar-refractivity contribution < 1.29 is 4.79 Å². The Morgan fingerprint density at radius 2 is 1.69 bits per heavy atom. The standard InChI is InChI=1S/C23H14Cl3N5O/c24-14-6-8-15(9-7-14)31-21(16-10-5-13(12-27)11-19(16)26)20(23(32)30-28)29-22(31)17-3-1-2-4-18(17)25/h1-11H,28H2,(H,30,32). The summed E-state index contributed by atoms with van der Waals surface area (Å²) in [4.78, 5) is 17.3. The van der Waals surface area contributed by atoms with E-state index < -0.39 is 5.91 Å². The maximum Gasteiger partial charge on any atom is 0.286 e. The molecule has 0 aliphatic heterocycles. The zero-order valence-corrected chi connectivity index (χ0v) is 18.6. The molecule has 0 spiro atoms. The van der Waals surface area contributed by atoms with Crippen molar-refractivity contribution in [1.29, 1.82) is 5.26 Å². The first-order valence-corrected chi connectivity index (χ1v) is 10.4. The highest BCUT2D eigenvalue weighted by Crippen LogP contribution is 2.39. The van der Waals surface area contributed by atoms with Crippen LogP contribution >= 0.6 is 34.8 Å². The third kappa shape index (κ3) is 3.95. The normalized spacial score (nSPS) is 10.6. The van der Waals surface area contributed by atoms with Crippen molar-refractivity contribution in [2.75, 3.05) is 0 Å². The fourth-order valence-corrected chi connectivity index (χ4v) is 3.95. The summed E-state index contributed by atoms with van der Waals surface area (Å²) in [5.41, 5.74) is 4.72. The Morgan fingerprint density at radius 3 is 2.31 bits per heavy atom. The van der Waals surface area contributed by atoms with Crippen molar-refractivity contribution in [3.8, 4) is 34.4 Å². The van der Waals surface area contributed by atoms with Gasteiger partial charge in [0, 0.05) is 21.8 Å². The van der Waals surface area contributed by atoms with Gasteiger partial charge in [-0.25, -0.2) is 10.8 Å². The van der Waals surface area contributed by atoms with Gasteiger partial charge in [-0.05, 0) is 54.6 Å². The van der Waals surface area contributed by atoms with E-state index in [1.54, 1.807) is 59.2 Å². The number of rotatable bonds is 4. The smallest absolute Gasteiger partial charge is 0.286 e. The molecule has 32 heavy (non-hydrogen) atoms. The van der Waals surface area contributed by atoms with Crippen molar-refractivity contribution >= 4 is 40.7 Å². The molecule has 1 heterocycles. The van der Waals surface area contributed by atoms with Gasteiger partial charge in [0.1, 0.15) is 5.82 Å². The highest BCUT2D eigenvalue weighted by molar-refractivity contribution is 6.34. The molecule has 4 rings (SSSR count). The summed E-state index contributed by atoms with van der Waals surface area (Å²) in [7, 11) is 0. The second kappa shape index (κ2) is 9.03. The van der Waals surface area contributed by atoms with Crippen LogP contribution in [0.15, 0.2) is 66.7 Å². The number of nitrogens with two attached hydrogens (primary N) is 1. The number of benzene rings is 3. The number of aromatic nitrogens is 2. The lowest BCUT2D eigenvalue weighted by molar-refractivity contribution is 0.0950. The summed E-state index contributed by atoms with van der Waals surface area (Å²) in [6, 6.07) is 21.0. The molecule has 4 aromatic rings. The Labute approximate surface area is 198 Å². The fourth-order valence-electron chi connectivity index (χ4n) is 3.34. The summed E-state index contributed by atoms with van der Waals surface area (Å²) in [5.74, 6) is 5.25. The van der Waals surface area contributed by atoms with Crippen LogP contribution in [0.3, 0.4) is 0 Å². The van der Waals surface area contributed by atoms with E-state index in [2.05, 4.69) is 10.4 Å². The van der Waals surface area contributed by atoms with E-state index in [0.29, 0.717) is 43.9 Å². The third-order valence-corrected chi connectivity index (χ3v) is 5.67. The van der Waals surface area contributed by atoms with Crippen molar-refractivity contribution in [2.24, 2.45) is 5.84 Å². The van der Waals surface area contributed by atoms with E-state index >= 15 is 0 Å². The number of carbonyl (C=O) groups is 1. The Kier molecular flexibility index (Phi) is 6.17. The average Bonchev–Trinajstić information content (AvgIpc) is 3.19. The predicted octanol–water partition coefficient (Wildman–Crippen LogP) is 5.64. The number of nitriles is 1. The molecule has 0 atom stereocenters. The minimum absolute atomic E-state index is 0.0453. The van der Waals surface area contributed by atoms with Gasteiger partial charge in [-0.2, -0.15) is 5.26 Å². The predicted molar refractivity (Wildman–Crippen MR) is 126 cm³/mol. The molecule has 3 N–H and O–H groups in total. The first-order chi connectivity index (χ1) is 15.4. The molecule has 9 heteroatoms. The number of carbonyl (C=O) groups excluding carboxylic acids is 1. The lowest BCUT2D eigenvalue weighted by Crippen LogP contribution is -2.30. The number of hydrazine groups is 1. The van der Waals surface area contributed by atoms with E-state index in [0.717, 1.165) is 0 Å². The van der Waals surface area contributed by atoms with E-state index in [1.165, 1.54) is 6.07 Å². The zero-order chi connectivity index (χ0) is 22.8. The van der Waals surface area contributed by atoms with Gasteiger partial charge in [0.25, 0.3) is 5.91 Å². The lowest BCUT2D eigenvalue weighted by atomic mass is 10.1. The molecule has 3 aromatic carbocycles. The molecule has 0 aliphatic carbocycles. The molecule has 1 aromatic heterocycles. The van der Waals surface area contributed by atoms with Crippen molar-refractivity contribution in [3.63, 3.8) is 0 Å². The maximum absolute atomic E-state index is 12.7. The van der Waals surface area contributed by atoms with Gasteiger partial charge in [0.15, 0.2) is 5.69 Å². The first-order valence-electron chi connectivity index (χ1n) is 9.29. The Hall–Kier alpha value is -3.34. The number of nitrogens with zero attached hydrogens (tertiary/aromatic N) is 3. The number of nitrogen functional groups attached to an aromatic ring is 1. The van der Waals surface area contributed by atoms with Crippen molar-refractivity contribution in [3.05, 3.63) is 93.1 Å². The van der Waals surface area contributed by atoms with Crippen LogP contribution in [0.5, 0.6) is 0 Å². The van der Waals surface area contributed by atoms with Gasteiger partial charge in [-0.1, -0.05) is 46.9 Å². The van der Waals surface area contributed by atoms with Gasteiger partial charge in [-0.3, -0.25) is 14.8 Å². The van der Waals surface area contributed by atoms with Gasteiger partial charge >= 0.3 is 0 Å². The van der Waals surface area contributed by atoms with Crippen LogP contribution in [0.1, 0.15) is 16.1 Å². The molecule has 0 saturated heterocycles. The average molecular weight is 483 g/mol. The first kappa shape index (κ1) is 21.9. The van der Waals surface area contributed by atoms with E-state index in [1.807, 2.05) is 12.1 Å². The molecule has 0 fully saturated rings. The molecule has 0 unspecified atom stereocenters. The molecule has 0 aliphatic rings. The number of hydrogen-bond donors (Lipinski definition) is 2. The number of hydrogen-bond acceptors (Lipinski definition) is 4. The quantitative estimate of drug-likeness (QED) is 0.223. The second-order valence-corrected chi connectivity index (χ2v) is 7.96. The third-order valence-electron chi connectivity index (χ3n) is 4.78. The van der Waals surface area contributed by atoms with Crippen LogP contribution in [0.25, 0.3) is 28.3 Å². The summed E-state index contributed by atoms with van der Waals surface area (Å²) >= 11 is 19.1. The molecule has 6 nitrogen and oxygen atoms in total. The van der Waals surface area contributed by atoms with Crippen molar-refractivity contribution in [2.45, 2.75) is 0 Å². The lowest BCUT2D eigenvalue weighted by Gasteiger charge is -2.15. The van der Waals surface area contributed by atoms with Crippen LogP contribution in [-0.4, -0.2) is 15.5 Å². The number of nitrogens with one attached hydrogen (secondary N) is 1. The van der Waals surface area contributed by atoms with Crippen LogP contribution < -0.4 is 11.3 Å². The Morgan fingerprint density at radius 1 is 0.969 bits per heavy atom. The zero-order valence-electron chi connectivity index (χ0n) is 16.3. The van der Waals surface area contributed by atoms with Crippen molar-refractivity contribution in [1.82, 2.24) is 15.0 Å². The van der Waals surface area contributed by atoms with E-state index in [-0.39, 0.29) is 10.7 Å². The molecule has 0 bridgehead atoms. The summed E-state index contributed by atoms with van der Waals surface area (Å²) in [6.45, 7) is 0. The van der Waals surface area contributed by atoms with Gasteiger partial charge in [0.05, 0.1) is 27.4 Å². The molecule has 0 saturated carbocycles. The molecular weight excluding hydrogens is 469 g/mol. The summed E-state index contributed by atoms with van der Waals surface area (Å²) in [5, 5.41) is 10.5. The van der Waals surface area contributed by atoms with E-state index in [9.17, 15) is 10.1 Å². The Bertz CT molecular complexity index is 1370. The SMILES string of the molecule is N#Cc1ccc(-c2c(C(=O)NN)nc(-c3ccccc3Cl)n2-c2ccc(Cl)cc2)c(Cl)c1. The van der Waals surface area contributed by atoms with Crippen LogP contribution in [0.2, 0.25) is 15.1 Å². The fraction of sp³-hybridized carbons (Fsp3) is 0. The second-order valence-electron chi connectivity index (χ2n) is 6.70. The van der Waals surface area contributed by atoms with Gasteiger partial charge < -0.3 is 0 Å². The topological polar surface area (TPSA) is 96.7 Å². The van der Waals surface area contributed by atoms with E-state index in [4.69, 9.17) is 40.6 Å². The van der Waals surface area contributed by atoms with Gasteiger partial charge in [-0.15, -0.1) is 0 Å². The molecular formula is C23H14Cl3N5O. The largest absolute Gasteiger partial charge is 0.291 e. The van der Waals surface area contributed by atoms with Crippen LogP contribution in [0, 0.1) is 11.3 Å². The van der Waals surface area contributed by atoms with Gasteiger partial charge in [0.2, 0.25) is 0 Å².